The van der Waals surface area contributed by atoms with E-state index in [2.05, 4.69) is 51.9 Å². The van der Waals surface area contributed by atoms with Crippen molar-refractivity contribution in [3.05, 3.63) is 42.5 Å². The van der Waals surface area contributed by atoms with Gasteiger partial charge < -0.3 is 19.7 Å². The van der Waals surface area contributed by atoms with E-state index >= 15 is 0 Å². The van der Waals surface area contributed by atoms with E-state index in [4.69, 9.17) is 9.47 Å². The fourth-order valence-electron chi connectivity index (χ4n) is 2.92. The Morgan fingerprint density at radius 2 is 1.55 bits per heavy atom. The number of anilines is 4. The number of nitrogens with one attached hydrogen (secondary N) is 3. The summed E-state index contributed by atoms with van der Waals surface area (Å²) in [6.45, 7) is 7.58. The van der Waals surface area contributed by atoms with Crippen LogP contribution < -0.4 is 20.9 Å². The average molecular weight is 430 g/mol. The van der Waals surface area contributed by atoms with Crippen LogP contribution in [0.25, 0.3) is 0 Å². The zero-order chi connectivity index (χ0) is 22.6. The molecule has 2 aromatic rings. The average Bonchev–Trinajstić information content (AvgIpc) is 2.73. The molecule has 1 aromatic carbocycles. The molecule has 0 saturated carbocycles. The number of carbonyl (C=O) groups is 2. The molecule has 1 heterocycles. The van der Waals surface area contributed by atoms with Crippen molar-refractivity contribution in [1.82, 2.24) is 4.98 Å². The van der Waals surface area contributed by atoms with Crippen LogP contribution in [0.2, 0.25) is 0 Å². The van der Waals surface area contributed by atoms with Crippen molar-refractivity contribution in [1.29, 1.82) is 0 Å². The maximum absolute atomic E-state index is 11.8. The number of benzene rings is 1. The lowest BCUT2D eigenvalue weighted by atomic mass is 10.1. The quantitative estimate of drug-likeness (QED) is 0.514. The first-order valence-corrected chi connectivity index (χ1v) is 10.3. The van der Waals surface area contributed by atoms with Crippen LogP contribution in [0.1, 0.15) is 20.8 Å². The highest BCUT2D eigenvalue weighted by Gasteiger charge is 2.12. The topological polar surface area (TPSA) is 105 Å². The van der Waals surface area contributed by atoms with Gasteiger partial charge in [0.2, 0.25) is 0 Å². The minimum absolute atomic E-state index is 0.240. The Morgan fingerprint density at radius 1 is 1.00 bits per heavy atom. The summed E-state index contributed by atoms with van der Waals surface area (Å²) >= 11 is 0. The fourth-order valence-corrected chi connectivity index (χ4v) is 2.92. The monoisotopic (exact) mass is 429 g/mol. The molecule has 2 amide bonds. The number of hydrogen-bond acceptors (Lipinski definition) is 7. The Balaban J connectivity index is 2.04. The number of amides is 2. The molecule has 31 heavy (non-hydrogen) atoms. The highest BCUT2D eigenvalue weighted by molar-refractivity contribution is 5.87. The Bertz CT molecular complexity index is 809. The second kappa shape index (κ2) is 12.3. The second-order valence-corrected chi connectivity index (χ2v) is 7.02. The minimum Gasteiger partial charge on any atom is -0.450 e. The maximum atomic E-state index is 11.8. The van der Waals surface area contributed by atoms with Gasteiger partial charge in [0.15, 0.2) is 0 Å². The number of para-hydroxylation sites is 1. The zero-order valence-electron chi connectivity index (χ0n) is 18.5. The second-order valence-electron chi connectivity index (χ2n) is 7.02. The van der Waals surface area contributed by atoms with Crippen LogP contribution in [0.4, 0.5) is 32.6 Å². The summed E-state index contributed by atoms with van der Waals surface area (Å²) in [6.07, 6.45) is -1.24. The Labute approximate surface area is 183 Å². The van der Waals surface area contributed by atoms with Gasteiger partial charge in [-0.05, 0) is 31.9 Å². The molecule has 1 unspecified atom stereocenters. The van der Waals surface area contributed by atoms with E-state index in [0.717, 1.165) is 12.2 Å². The van der Waals surface area contributed by atoms with Gasteiger partial charge >= 0.3 is 12.2 Å². The van der Waals surface area contributed by atoms with Crippen molar-refractivity contribution in [2.24, 2.45) is 5.92 Å². The Morgan fingerprint density at radius 3 is 2.06 bits per heavy atom. The number of nitrogens with zero attached hydrogens (tertiary/aromatic N) is 2. The van der Waals surface area contributed by atoms with Crippen LogP contribution in [0.5, 0.6) is 0 Å². The highest BCUT2D eigenvalue weighted by atomic mass is 16.6. The predicted molar refractivity (Wildman–Crippen MR) is 123 cm³/mol. The summed E-state index contributed by atoms with van der Waals surface area (Å²) in [6, 6.07) is 13.5. The molecule has 3 N–H and O–H groups in total. The van der Waals surface area contributed by atoms with Crippen LogP contribution >= 0.6 is 0 Å². The predicted octanol–water partition coefficient (Wildman–Crippen LogP) is 4.40. The van der Waals surface area contributed by atoms with Gasteiger partial charge in [-0.15, -0.1) is 0 Å². The number of ether oxygens (including phenoxy) is 2. The molecule has 0 saturated heterocycles. The molecule has 9 nitrogen and oxygen atoms in total. The molecule has 1 aromatic heterocycles. The van der Waals surface area contributed by atoms with Crippen molar-refractivity contribution in [3.8, 4) is 0 Å². The van der Waals surface area contributed by atoms with Gasteiger partial charge in [0.25, 0.3) is 0 Å². The van der Waals surface area contributed by atoms with E-state index in [9.17, 15) is 9.59 Å². The molecule has 1 atom stereocenters. The molecule has 0 aliphatic rings. The largest absolute Gasteiger partial charge is 0.450 e. The molecule has 0 aliphatic carbocycles. The molecule has 0 aliphatic heterocycles. The number of rotatable bonds is 10. The van der Waals surface area contributed by atoms with Crippen molar-refractivity contribution >= 4 is 35.2 Å². The Kier molecular flexibility index (Phi) is 9.41. The number of carbonyl (C=O) groups excluding carboxylic acids is 2. The first-order chi connectivity index (χ1) is 14.9. The van der Waals surface area contributed by atoms with E-state index in [1.807, 2.05) is 18.2 Å². The van der Waals surface area contributed by atoms with Gasteiger partial charge in [-0.2, -0.15) is 0 Å². The zero-order valence-corrected chi connectivity index (χ0v) is 18.5. The molecular formula is C22H31N5O4. The first-order valence-electron chi connectivity index (χ1n) is 10.3. The van der Waals surface area contributed by atoms with Crippen LogP contribution in [0.3, 0.4) is 0 Å². The lowest BCUT2D eigenvalue weighted by molar-refractivity contribution is 0.167. The van der Waals surface area contributed by atoms with E-state index in [1.54, 1.807) is 26.0 Å². The van der Waals surface area contributed by atoms with E-state index in [0.29, 0.717) is 18.2 Å². The summed E-state index contributed by atoms with van der Waals surface area (Å²) in [4.78, 5) is 30.0. The van der Waals surface area contributed by atoms with Crippen LogP contribution in [0, 0.1) is 5.92 Å². The lowest BCUT2D eigenvalue weighted by Crippen LogP contribution is -2.28. The van der Waals surface area contributed by atoms with Crippen molar-refractivity contribution in [2.45, 2.75) is 20.8 Å². The number of pyridine rings is 1. The van der Waals surface area contributed by atoms with Gasteiger partial charge in [0.05, 0.1) is 13.2 Å². The molecule has 168 valence electrons. The third kappa shape index (κ3) is 8.41. The van der Waals surface area contributed by atoms with Gasteiger partial charge in [0.1, 0.15) is 11.6 Å². The standard InChI is InChI=1S/C22H31N5O4/c1-5-30-21(28)25-19-12-17(13-20(24-19)26-22(29)31-6-2)23-14-16(3)15-27(4)18-10-8-7-9-11-18/h7-13,16H,5-6,14-15H2,1-4H3,(H3,23,24,25,26,28,29). The lowest BCUT2D eigenvalue weighted by Gasteiger charge is -2.24. The minimum atomic E-state index is -0.618. The third-order valence-electron chi connectivity index (χ3n) is 4.27. The van der Waals surface area contributed by atoms with Crippen molar-refractivity contribution < 1.29 is 19.1 Å². The number of aromatic nitrogens is 1. The summed E-state index contributed by atoms with van der Waals surface area (Å²) in [5, 5.41) is 8.46. The van der Waals surface area contributed by atoms with Crippen LogP contribution in [-0.4, -0.2) is 50.5 Å². The third-order valence-corrected chi connectivity index (χ3v) is 4.27. The van der Waals surface area contributed by atoms with Gasteiger partial charge in [-0.25, -0.2) is 14.6 Å². The van der Waals surface area contributed by atoms with Gasteiger partial charge in [-0.3, -0.25) is 10.6 Å². The van der Waals surface area contributed by atoms with E-state index in [-0.39, 0.29) is 24.8 Å². The molecule has 0 radical (unpaired) electrons. The summed E-state index contributed by atoms with van der Waals surface area (Å²) in [5.74, 6) is 0.829. The fraction of sp³-hybridized carbons (Fsp3) is 0.409. The van der Waals surface area contributed by atoms with Crippen molar-refractivity contribution in [3.63, 3.8) is 0 Å². The summed E-state index contributed by atoms with van der Waals surface area (Å²) in [5.41, 5.74) is 1.85. The summed E-state index contributed by atoms with van der Waals surface area (Å²) < 4.78 is 9.80. The molecule has 2 rings (SSSR count). The van der Waals surface area contributed by atoms with Crippen LogP contribution in [-0.2, 0) is 9.47 Å². The molecular weight excluding hydrogens is 398 g/mol. The van der Waals surface area contributed by atoms with E-state index < -0.39 is 12.2 Å². The molecule has 0 bridgehead atoms. The van der Waals surface area contributed by atoms with Crippen molar-refractivity contribution in [2.75, 3.05) is 54.2 Å². The van der Waals surface area contributed by atoms with Gasteiger partial charge in [0, 0.05) is 43.6 Å². The van der Waals surface area contributed by atoms with E-state index in [1.165, 1.54) is 0 Å². The summed E-state index contributed by atoms with van der Waals surface area (Å²) in [7, 11) is 2.06. The molecule has 9 heteroatoms. The smallest absolute Gasteiger partial charge is 0.412 e. The highest BCUT2D eigenvalue weighted by Crippen LogP contribution is 2.20. The van der Waals surface area contributed by atoms with Crippen LogP contribution in [0.15, 0.2) is 42.5 Å². The SMILES string of the molecule is CCOC(=O)Nc1cc(NCC(C)CN(C)c2ccccc2)cc(NC(=O)OCC)n1. The molecule has 0 fully saturated rings. The Hall–Kier alpha value is -3.49. The maximum Gasteiger partial charge on any atom is 0.412 e. The van der Waals surface area contributed by atoms with Gasteiger partial charge in [-0.1, -0.05) is 25.1 Å². The molecule has 0 spiro atoms. The number of hydrogen-bond donors (Lipinski definition) is 3. The first kappa shape index (κ1) is 23.8. The normalized spacial score (nSPS) is 11.2.